The zero-order valence-corrected chi connectivity index (χ0v) is 12.9. The second kappa shape index (κ2) is 6.70. The fraction of sp³-hybridized carbons (Fsp3) is 0.857. The number of carboxylic acid groups (broad SMARTS) is 1. The summed E-state index contributed by atoms with van der Waals surface area (Å²) in [4.78, 5) is 25.3. The number of aliphatic carboxylic acids is 1. The monoisotopic (exact) mass is 300 g/mol. The second-order valence-electron chi connectivity index (χ2n) is 5.79. The van der Waals surface area contributed by atoms with Crippen LogP contribution < -0.4 is 5.32 Å². The van der Waals surface area contributed by atoms with Gasteiger partial charge in [-0.25, -0.2) is 4.79 Å². The molecule has 1 atom stereocenters. The Balaban J connectivity index is 1.83. The van der Waals surface area contributed by atoms with Crippen molar-refractivity contribution in [1.82, 2.24) is 10.2 Å². The van der Waals surface area contributed by atoms with E-state index in [1.165, 1.54) is 5.75 Å². The first-order chi connectivity index (χ1) is 9.57. The minimum absolute atomic E-state index is 0.0207. The van der Waals surface area contributed by atoms with E-state index in [1.54, 1.807) is 4.90 Å². The molecule has 114 valence electrons. The number of thioether (sulfide) groups is 1. The van der Waals surface area contributed by atoms with Crippen molar-refractivity contribution in [3.8, 4) is 0 Å². The summed E-state index contributed by atoms with van der Waals surface area (Å²) in [7, 11) is 0. The molecule has 2 N–H and O–H groups in total. The van der Waals surface area contributed by atoms with Gasteiger partial charge in [0.2, 0.25) is 0 Å². The lowest BCUT2D eigenvalue weighted by Gasteiger charge is -2.39. The molecule has 20 heavy (non-hydrogen) atoms. The quantitative estimate of drug-likeness (QED) is 0.838. The molecule has 0 aromatic rings. The van der Waals surface area contributed by atoms with Crippen LogP contribution in [0.25, 0.3) is 0 Å². The largest absolute Gasteiger partial charge is 0.481 e. The van der Waals surface area contributed by atoms with Gasteiger partial charge in [-0.1, -0.05) is 6.92 Å². The van der Waals surface area contributed by atoms with E-state index in [9.17, 15) is 14.7 Å². The molecule has 0 aromatic heterocycles. The minimum atomic E-state index is -0.719. The molecule has 2 saturated heterocycles. The molecule has 0 radical (unpaired) electrons. The third kappa shape index (κ3) is 3.40. The Morgan fingerprint density at radius 1 is 1.40 bits per heavy atom. The van der Waals surface area contributed by atoms with Gasteiger partial charge in [0, 0.05) is 24.9 Å². The van der Waals surface area contributed by atoms with E-state index < -0.39 is 11.4 Å². The minimum Gasteiger partial charge on any atom is -0.481 e. The maximum atomic E-state index is 12.2. The molecule has 2 fully saturated rings. The van der Waals surface area contributed by atoms with Crippen molar-refractivity contribution in [1.29, 1.82) is 0 Å². The van der Waals surface area contributed by atoms with Crippen LogP contribution >= 0.6 is 11.8 Å². The van der Waals surface area contributed by atoms with Crippen molar-refractivity contribution in [3.05, 3.63) is 0 Å². The van der Waals surface area contributed by atoms with E-state index in [-0.39, 0.29) is 12.1 Å². The summed E-state index contributed by atoms with van der Waals surface area (Å²) in [5.41, 5.74) is -0.628. The fourth-order valence-corrected chi connectivity index (χ4v) is 4.05. The zero-order chi connectivity index (χ0) is 14.6. The number of amides is 2. The van der Waals surface area contributed by atoms with Gasteiger partial charge in [-0.3, -0.25) is 4.79 Å². The highest BCUT2D eigenvalue weighted by Crippen LogP contribution is 2.35. The lowest BCUT2D eigenvalue weighted by atomic mass is 9.76. The van der Waals surface area contributed by atoms with Crippen LogP contribution in [-0.4, -0.2) is 52.6 Å². The third-order valence-electron chi connectivity index (χ3n) is 4.63. The smallest absolute Gasteiger partial charge is 0.317 e. The number of hydrogen-bond acceptors (Lipinski definition) is 3. The van der Waals surface area contributed by atoms with E-state index in [2.05, 4.69) is 5.32 Å². The maximum absolute atomic E-state index is 12.2. The maximum Gasteiger partial charge on any atom is 0.317 e. The SMILES string of the molecule is CCC1(C(=O)O)CCN(C(=O)NC2CCCSC2)CC1. The predicted molar refractivity (Wildman–Crippen MR) is 80.0 cm³/mol. The number of hydrogen-bond donors (Lipinski definition) is 2. The van der Waals surface area contributed by atoms with Gasteiger partial charge in [0.25, 0.3) is 0 Å². The first kappa shape index (κ1) is 15.5. The fourth-order valence-electron chi connectivity index (χ4n) is 2.98. The first-order valence-electron chi connectivity index (χ1n) is 7.44. The lowest BCUT2D eigenvalue weighted by molar-refractivity contribution is -0.151. The lowest BCUT2D eigenvalue weighted by Crippen LogP contribution is -2.52. The molecule has 0 aromatic carbocycles. The van der Waals surface area contributed by atoms with Crippen LogP contribution in [0.4, 0.5) is 4.79 Å². The van der Waals surface area contributed by atoms with Gasteiger partial charge < -0.3 is 15.3 Å². The van der Waals surface area contributed by atoms with Crippen LogP contribution in [0.15, 0.2) is 0 Å². The average molecular weight is 300 g/mol. The molecule has 6 heteroatoms. The summed E-state index contributed by atoms with van der Waals surface area (Å²) in [6.45, 7) is 3.01. The average Bonchev–Trinajstić information content (AvgIpc) is 2.48. The molecule has 0 spiro atoms. The van der Waals surface area contributed by atoms with Gasteiger partial charge in [0.15, 0.2) is 0 Å². The summed E-state index contributed by atoms with van der Waals surface area (Å²) in [6.07, 6.45) is 3.97. The molecule has 0 aliphatic carbocycles. The Labute approximate surface area is 124 Å². The molecule has 2 aliphatic rings. The number of rotatable bonds is 3. The van der Waals surface area contributed by atoms with E-state index in [0.29, 0.717) is 32.4 Å². The molecule has 2 heterocycles. The van der Waals surface area contributed by atoms with Gasteiger partial charge in [-0.15, -0.1) is 0 Å². The Bertz CT molecular complexity index is 361. The van der Waals surface area contributed by atoms with E-state index in [0.717, 1.165) is 18.6 Å². The van der Waals surface area contributed by atoms with Crippen LogP contribution in [0.5, 0.6) is 0 Å². The first-order valence-corrected chi connectivity index (χ1v) is 8.59. The van der Waals surface area contributed by atoms with Crippen molar-refractivity contribution < 1.29 is 14.7 Å². The normalized spacial score (nSPS) is 26.1. The molecule has 2 aliphatic heterocycles. The van der Waals surface area contributed by atoms with E-state index >= 15 is 0 Å². The van der Waals surface area contributed by atoms with Crippen LogP contribution in [0.1, 0.15) is 39.0 Å². The highest BCUT2D eigenvalue weighted by atomic mass is 32.2. The van der Waals surface area contributed by atoms with Crippen LogP contribution in [0, 0.1) is 5.41 Å². The number of nitrogens with zero attached hydrogens (tertiary/aromatic N) is 1. The molecule has 2 amide bonds. The predicted octanol–water partition coefficient (Wildman–Crippen LogP) is 2.17. The molecule has 1 unspecified atom stereocenters. The summed E-state index contributed by atoms with van der Waals surface area (Å²) >= 11 is 1.89. The molecule has 0 saturated carbocycles. The van der Waals surface area contributed by atoms with Crippen molar-refractivity contribution in [2.24, 2.45) is 5.41 Å². The van der Waals surface area contributed by atoms with E-state index in [1.807, 2.05) is 18.7 Å². The van der Waals surface area contributed by atoms with Gasteiger partial charge >= 0.3 is 12.0 Å². The number of carbonyl (C=O) groups is 2. The Morgan fingerprint density at radius 3 is 2.60 bits per heavy atom. The van der Waals surface area contributed by atoms with Gasteiger partial charge in [-0.2, -0.15) is 11.8 Å². The van der Waals surface area contributed by atoms with Crippen LogP contribution in [0.2, 0.25) is 0 Å². The number of carbonyl (C=O) groups excluding carboxylic acids is 1. The number of likely N-dealkylation sites (tertiary alicyclic amines) is 1. The van der Waals surface area contributed by atoms with Gasteiger partial charge in [0.1, 0.15) is 0 Å². The summed E-state index contributed by atoms with van der Waals surface area (Å²) in [5.74, 6) is 1.46. The Hall–Kier alpha value is -0.910. The summed E-state index contributed by atoms with van der Waals surface area (Å²) in [6, 6.07) is 0.256. The molecule has 0 bridgehead atoms. The van der Waals surface area contributed by atoms with Crippen LogP contribution in [0.3, 0.4) is 0 Å². The third-order valence-corrected chi connectivity index (χ3v) is 5.84. The Morgan fingerprint density at radius 2 is 2.10 bits per heavy atom. The second-order valence-corrected chi connectivity index (χ2v) is 6.94. The highest BCUT2D eigenvalue weighted by Gasteiger charge is 2.40. The number of carboxylic acids is 1. The summed E-state index contributed by atoms with van der Waals surface area (Å²) < 4.78 is 0. The topological polar surface area (TPSA) is 69.6 Å². The molecular weight excluding hydrogens is 276 g/mol. The van der Waals surface area contributed by atoms with Gasteiger partial charge in [0.05, 0.1) is 5.41 Å². The van der Waals surface area contributed by atoms with Crippen molar-refractivity contribution >= 4 is 23.8 Å². The van der Waals surface area contributed by atoms with E-state index in [4.69, 9.17) is 0 Å². The number of piperidine rings is 1. The highest BCUT2D eigenvalue weighted by molar-refractivity contribution is 7.99. The molecule has 5 nitrogen and oxygen atoms in total. The van der Waals surface area contributed by atoms with Gasteiger partial charge in [-0.05, 0) is 37.9 Å². The van der Waals surface area contributed by atoms with Crippen molar-refractivity contribution in [2.75, 3.05) is 24.6 Å². The number of urea groups is 1. The van der Waals surface area contributed by atoms with Crippen LogP contribution in [-0.2, 0) is 4.79 Å². The molecular formula is C14H24N2O3S. The zero-order valence-electron chi connectivity index (χ0n) is 12.1. The van der Waals surface area contributed by atoms with Crippen molar-refractivity contribution in [3.63, 3.8) is 0 Å². The molecule has 2 rings (SSSR count). The van der Waals surface area contributed by atoms with Crippen molar-refractivity contribution in [2.45, 2.75) is 45.1 Å². The standard InChI is InChI=1S/C14H24N2O3S/c1-2-14(12(17)18)5-7-16(8-6-14)13(19)15-11-4-3-9-20-10-11/h11H,2-10H2,1H3,(H,15,19)(H,17,18). The number of nitrogens with one attached hydrogen (secondary N) is 1. The summed E-state index contributed by atoms with van der Waals surface area (Å²) in [5, 5.41) is 12.4. The Kier molecular flexibility index (Phi) is 5.18.